The van der Waals surface area contributed by atoms with Crippen molar-refractivity contribution in [3.8, 4) is 0 Å². The minimum absolute atomic E-state index is 0.604. The van der Waals surface area contributed by atoms with Crippen LogP contribution in [0.1, 0.15) is 25.8 Å². The first-order valence-electron chi connectivity index (χ1n) is 7.92. The Hall–Kier alpha value is -0.510. The van der Waals surface area contributed by atoms with Gasteiger partial charge in [0.15, 0.2) is 0 Å². The van der Waals surface area contributed by atoms with Crippen molar-refractivity contribution < 1.29 is 0 Å². The maximum atomic E-state index is 3.74. The van der Waals surface area contributed by atoms with E-state index in [9.17, 15) is 0 Å². The molecule has 1 aliphatic rings. The molecule has 112 valence electrons. The Labute approximate surface area is 128 Å². The molecule has 1 aromatic carbocycles. The third-order valence-electron chi connectivity index (χ3n) is 4.14. The molecule has 1 fully saturated rings. The minimum Gasteiger partial charge on any atom is -0.311 e. The lowest BCUT2D eigenvalue weighted by Crippen LogP contribution is -2.57. The molecule has 3 heteroatoms. The summed E-state index contributed by atoms with van der Waals surface area (Å²) in [6, 6.07) is 12.2. The summed E-state index contributed by atoms with van der Waals surface area (Å²) in [5.74, 6) is 2.50. The van der Waals surface area contributed by atoms with E-state index in [4.69, 9.17) is 0 Å². The van der Waals surface area contributed by atoms with E-state index in [-0.39, 0.29) is 0 Å². The Balaban J connectivity index is 1.86. The van der Waals surface area contributed by atoms with Crippen molar-refractivity contribution >= 4 is 11.8 Å². The van der Waals surface area contributed by atoms with Crippen molar-refractivity contribution in [1.29, 1.82) is 0 Å². The van der Waals surface area contributed by atoms with Gasteiger partial charge in [0, 0.05) is 37.5 Å². The summed E-state index contributed by atoms with van der Waals surface area (Å²) in [5.41, 5.74) is 1.45. The van der Waals surface area contributed by atoms with Crippen LogP contribution in [0.5, 0.6) is 0 Å². The molecule has 2 rings (SSSR count). The highest BCUT2D eigenvalue weighted by molar-refractivity contribution is 7.99. The standard InChI is InChI=1S/C17H28N2S/c1-3-17-13-18-16(12-15-8-6-5-7-9-15)14-19(17)10-11-20-4-2/h5-9,16-18H,3-4,10-14H2,1-2H3. The fourth-order valence-electron chi connectivity index (χ4n) is 2.97. The molecule has 2 nitrogen and oxygen atoms in total. The average molecular weight is 292 g/mol. The Morgan fingerprint density at radius 2 is 2.05 bits per heavy atom. The number of rotatable bonds is 7. The fourth-order valence-corrected chi connectivity index (χ4v) is 3.62. The molecule has 1 aliphatic heterocycles. The van der Waals surface area contributed by atoms with E-state index in [0.29, 0.717) is 6.04 Å². The minimum atomic E-state index is 0.604. The van der Waals surface area contributed by atoms with Crippen LogP contribution in [0.15, 0.2) is 30.3 Å². The van der Waals surface area contributed by atoms with Crippen LogP contribution in [0.25, 0.3) is 0 Å². The van der Waals surface area contributed by atoms with Crippen LogP contribution in [0, 0.1) is 0 Å². The first-order valence-corrected chi connectivity index (χ1v) is 9.08. The number of benzene rings is 1. The molecule has 2 atom stereocenters. The van der Waals surface area contributed by atoms with Gasteiger partial charge in [0.2, 0.25) is 0 Å². The zero-order valence-corrected chi connectivity index (χ0v) is 13.7. The number of hydrogen-bond acceptors (Lipinski definition) is 3. The topological polar surface area (TPSA) is 15.3 Å². The molecule has 1 saturated heterocycles. The smallest absolute Gasteiger partial charge is 0.0236 e. The van der Waals surface area contributed by atoms with Crippen molar-refractivity contribution in [2.24, 2.45) is 0 Å². The maximum absolute atomic E-state index is 3.74. The van der Waals surface area contributed by atoms with E-state index in [1.807, 2.05) is 0 Å². The van der Waals surface area contributed by atoms with Gasteiger partial charge in [0.25, 0.3) is 0 Å². The highest BCUT2D eigenvalue weighted by Gasteiger charge is 2.26. The Kier molecular flexibility index (Phi) is 6.91. The lowest BCUT2D eigenvalue weighted by molar-refractivity contribution is 0.134. The van der Waals surface area contributed by atoms with Gasteiger partial charge in [-0.15, -0.1) is 0 Å². The third kappa shape index (κ3) is 4.80. The van der Waals surface area contributed by atoms with Crippen LogP contribution in [-0.4, -0.2) is 48.1 Å². The molecule has 0 radical (unpaired) electrons. The lowest BCUT2D eigenvalue weighted by Gasteiger charge is -2.40. The number of thioether (sulfide) groups is 1. The molecule has 0 amide bonds. The molecule has 1 heterocycles. The van der Waals surface area contributed by atoms with Gasteiger partial charge in [0.1, 0.15) is 0 Å². The van der Waals surface area contributed by atoms with Crippen LogP contribution in [0.2, 0.25) is 0 Å². The molecular weight excluding hydrogens is 264 g/mol. The average Bonchev–Trinajstić information content (AvgIpc) is 2.49. The molecule has 2 unspecified atom stereocenters. The fraction of sp³-hybridized carbons (Fsp3) is 0.647. The second-order valence-corrected chi connectivity index (χ2v) is 6.94. The van der Waals surface area contributed by atoms with Gasteiger partial charge in [-0.1, -0.05) is 44.2 Å². The zero-order chi connectivity index (χ0) is 14.2. The van der Waals surface area contributed by atoms with E-state index in [1.54, 1.807) is 0 Å². The summed E-state index contributed by atoms with van der Waals surface area (Å²) in [5, 5.41) is 3.74. The number of hydrogen-bond donors (Lipinski definition) is 1. The Morgan fingerprint density at radius 1 is 1.25 bits per heavy atom. The van der Waals surface area contributed by atoms with Crippen molar-refractivity contribution in [2.45, 2.75) is 38.8 Å². The van der Waals surface area contributed by atoms with Crippen molar-refractivity contribution in [3.63, 3.8) is 0 Å². The van der Waals surface area contributed by atoms with Crippen LogP contribution in [0.3, 0.4) is 0 Å². The number of nitrogens with one attached hydrogen (secondary N) is 1. The Bertz CT molecular complexity index is 369. The van der Waals surface area contributed by atoms with Crippen molar-refractivity contribution in [2.75, 3.05) is 31.1 Å². The van der Waals surface area contributed by atoms with E-state index >= 15 is 0 Å². The van der Waals surface area contributed by atoms with E-state index < -0.39 is 0 Å². The third-order valence-corrected chi connectivity index (χ3v) is 5.02. The molecule has 0 saturated carbocycles. The van der Waals surface area contributed by atoms with Crippen LogP contribution in [-0.2, 0) is 6.42 Å². The monoisotopic (exact) mass is 292 g/mol. The Morgan fingerprint density at radius 3 is 2.75 bits per heavy atom. The molecule has 1 N–H and O–H groups in total. The largest absolute Gasteiger partial charge is 0.311 e. The molecule has 0 aromatic heterocycles. The van der Waals surface area contributed by atoms with E-state index in [0.717, 1.165) is 19.0 Å². The van der Waals surface area contributed by atoms with Crippen LogP contribution in [0.4, 0.5) is 0 Å². The molecule has 0 bridgehead atoms. The molecule has 0 spiro atoms. The number of nitrogens with zero attached hydrogens (tertiary/aromatic N) is 1. The summed E-state index contributed by atoms with van der Waals surface area (Å²) in [4.78, 5) is 2.70. The summed E-state index contributed by atoms with van der Waals surface area (Å²) >= 11 is 2.06. The predicted molar refractivity (Wildman–Crippen MR) is 90.6 cm³/mol. The highest BCUT2D eigenvalue weighted by atomic mass is 32.2. The van der Waals surface area contributed by atoms with Gasteiger partial charge < -0.3 is 5.32 Å². The van der Waals surface area contributed by atoms with Gasteiger partial charge in [0.05, 0.1) is 0 Å². The normalized spacial score (nSPS) is 23.9. The maximum Gasteiger partial charge on any atom is 0.0236 e. The summed E-state index contributed by atoms with van der Waals surface area (Å²) in [6.07, 6.45) is 2.40. The van der Waals surface area contributed by atoms with Gasteiger partial charge in [-0.3, -0.25) is 4.90 Å². The molecular formula is C17H28N2S. The predicted octanol–water partition coefficient (Wildman–Crippen LogP) is 3.03. The van der Waals surface area contributed by atoms with Gasteiger partial charge in [-0.2, -0.15) is 11.8 Å². The first kappa shape index (κ1) is 15.9. The summed E-state index contributed by atoms with van der Waals surface area (Å²) < 4.78 is 0. The van der Waals surface area contributed by atoms with Crippen molar-refractivity contribution in [1.82, 2.24) is 10.2 Å². The van der Waals surface area contributed by atoms with Crippen LogP contribution >= 0.6 is 11.8 Å². The lowest BCUT2D eigenvalue weighted by atomic mass is 10.0. The van der Waals surface area contributed by atoms with Gasteiger partial charge in [-0.25, -0.2) is 0 Å². The molecule has 1 aromatic rings. The summed E-state index contributed by atoms with van der Waals surface area (Å²) in [6.45, 7) is 8.13. The van der Waals surface area contributed by atoms with E-state index in [2.05, 4.69) is 66.2 Å². The van der Waals surface area contributed by atoms with Crippen molar-refractivity contribution in [3.05, 3.63) is 35.9 Å². The molecule has 20 heavy (non-hydrogen) atoms. The zero-order valence-electron chi connectivity index (χ0n) is 12.8. The SMILES string of the molecule is CCSCCN1CC(Cc2ccccc2)NCC1CC. The highest BCUT2D eigenvalue weighted by Crippen LogP contribution is 2.14. The second kappa shape index (κ2) is 8.71. The van der Waals surface area contributed by atoms with Gasteiger partial charge >= 0.3 is 0 Å². The molecule has 0 aliphatic carbocycles. The van der Waals surface area contributed by atoms with Crippen LogP contribution < -0.4 is 5.32 Å². The summed E-state index contributed by atoms with van der Waals surface area (Å²) in [7, 11) is 0. The first-order chi connectivity index (χ1) is 9.83. The second-order valence-electron chi connectivity index (χ2n) is 5.55. The van der Waals surface area contributed by atoms with Gasteiger partial charge in [-0.05, 0) is 24.2 Å². The number of piperazine rings is 1. The quantitative estimate of drug-likeness (QED) is 0.778. The van der Waals surface area contributed by atoms with E-state index in [1.165, 1.54) is 36.6 Å².